The van der Waals surface area contributed by atoms with E-state index in [1.54, 1.807) is 18.9 Å². The number of hydrogen-bond acceptors (Lipinski definition) is 7. The van der Waals surface area contributed by atoms with E-state index in [4.69, 9.17) is 4.74 Å². The van der Waals surface area contributed by atoms with Crippen LogP contribution in [0.25, 0.3) is 10.2 Å². The Morgan fingerprint density at radius 1 is 1.19 bits per heavy atom. The molecule has 6 nitrogen and oxygen atoms in total. The number of thiazole rings is 1. The predicted molar refractivity (Wildman–Crippen MR) is 129 cm³/mol. The van der Waals surface area contributed by atoms with Crippen LogP contribution in [-0.4, -0.2) is 35.6 Å². The van der Waals surface area contributed by atoms with Crippen molar-refractivity contribution in [2.45, 2.75) is 43.2 Å². The van der Waals surface area contributed by atoms with Gasteiger partial charge < -0.3 is 15.4 Å². The van der Waals surface area contributed by atoms with Gasteiger partial charge in [0.1, 0.15) is 5.75 Å². The molecule has 2 heterocycles. The van der Waals surface area contributed by atoms with Crippen LogP contribution in [0.5, 0.6) is 5.75 Å². The molecule has 2 aromatic carbocycles. The highest BCUT2D eigenvalue weighted by molar-refractivity contribution is 8.00. The maximum absolute atomic E-state index is 13.0. The van der Waals surface area contributed by atoms with Crippen molar-refractivity contribution in [3.05, 3.63) is 47.0 Å². The molecule has 166 valence electrons. The molecular weight excluding hydrogens is 442 g/mol. The number of fused-ring (bicyclic) bond motifs is 2. The lowest BCUT2D eigenvalue weighted by Gasteiger charge is -2.28. The summed E-state index contributed by atoms with van der Waals surface area (Å²) < 4.78 is 6.26. The average molecular weight is 468 g/mol. The van der Waals surface area contributed by atoms with Gasteiger partial charge in [0.2, 0.25) is 5.91 Å². The Kier molecular flexibility index (Phi) is 6.17. The number of carbonyl (C=O) groups excluding carboxylic acids is 2. The van der Waals surface area contributed by atoms with E-state index in [1.807, 2.05) is 18.2 Å². The normalized spacial score (nSPS) is 20.6. The Hall–Kier alpha value is -2.42. The summed E-state index contributed by atoms with van der Waals surface area (Å²) in [7, 11) is 1.64. The number of carbonyl (C=O) groups is 2. The molecule has 0 atom stereocenters. The molecule has 0 saturated heterocycles. The van der Waals surface area contributed by atoms with Gasteiger partial charge in [0.25, 0.3) is 0 Å². The third-order valence-corrected chi connectivity index (χ3v) is 8.28. The Bertz CT molecular complexity index is 1170. The third kappa shape index (κ3) is 4.53. The topological polar surface area (TPSA) is 80.3 Å². The summed E-state index contributed by atoms with van der Waals surface area (Å²) in [5.74, 6) is 1.55. The number of Topliss-reactive ketones (excluding diaryl/α,β-unsaturated/α-hetero) is 1. The number of anilines is 1. The number of rotatable bonds is 6. The van der Waals surface area contributed by atoms with Gasteiger partial charge in [-0.1, -0.05) is 6.07 Å². The number of nitrogens with zero attached hydrogens (tertiary/aromatic N) is 1. The highest BCUT2D eigenvalue weighted by atomic mass is 32.2. The van der Waals surface area contributed by atoms with Crippen LogP contribution in [0.2, 0.25) is 0 Å². The Morgan fingerprint density at radius 3 is 2.84 bits per heavy atom. The molecule has 0 unspecified atom stereocenters. The number of nitrogens with one attached hydrogen (secondary N) is 2. The lowest BCUT2D eigenvalue weighted by Crippen LogP contribution is -2.34. The monoisotopic (exact) mass is 467 g/mol. The molecule has 3 aromatic rings. The van der Waals surface area contributed by atoms with Crippen molar-refractivity contribution < 1.29 is 14.3 Å². The van der Waals surface area contributed by atoms with Gasteiger partial charge in [-0.3, -0.25) is 9.59 Å². The Morgan fingerprint density at radius 2 is 2.03 bits per heavy atom. The van der Waals surface area contributed by atoms with E-state index in [2.05, 4.69) is 33.8 Å². The van der Waals surface area contributed by atoms with Gasteiger partial charge in [-0.25, -0.2) is 4.98 Å². The first kappa shape index (κ1) is 21.4. The average Bonchev–Trinajstić information content (AvgIpc) is 3.25. The van der Waals surface area contributed by atoms with Gasteiger partial charge in [0.15, 0.2) is 10.8 Å². The molecule has 8 heteroatoms. The minimum absolute atomic E-state index is 0.0477. The fourth-order valence-corrected chi connectivity index (χ4v) is 6.18. The smallest absolute Gasteiger partial charge is 0.234 e. The summed E-state index contributed by atoms with van der Waals surface area (Å²) in [4.78, 5) is 30.3. The van der Waals surface area contributed by atoms with Gasteiger partial charge in [-0.15, -0.1) is 23.1 Å². The lowest BCUT2D eigenvalue weighted by molar-refractivity contribution is -0.113. The second kappa shape index (κ2) is 9.21. The Balaban J connectivity index is 1.15. The van der Waals surface area contributed by atoms with Crippen LogP contribution in [0.4, 0.5) is 5.69 Å². The van der Waals surface area contributed by atoms with Crippen LogP contribution in [0.3, 0.4) is 0 Å². The van der Waals surface area contributed by atoms with E-state index < -0.39 is 0 Å². The molecule has 1 fully saturated rings. The minimum Gasteiger partial charge on any atom is -0.497 e. The van der Waals surface area contributed by atoms with Crippen LogP contribution in [0, 0.1) is 5.92 Å². The lowest BCUT2D eigenvalue weighted by atomic mass is 9.83. The predicted octanol–water partition coefficient (Wildman–Crippen LogP) is 4.88. The number of thioether (sulfide) groups is 1. The zero-order valence-electron chi connectivity index (χ0n) is 17.8. The maximum atomic E-state index is 13.0. The van der Waals surface area contributed by atoms with Gasteiger partial charge in [-0.05, 0) is 61.6 Å². The largest absolute Gasteiger partial charge is 0.497 e. The summed E-state index contributed by atoms with van der Waals surface area (Å²) in [5, 5.41) is 7.19. The number of hydrogen-bond donors (Lipinski definition) is 2. The van der Waals surface area contributed by atoms with E-state index in [0.29, 0.717) is 16.8 Å². The van der Waals surface area contributed by atoms with Crippen LogP contribution in [0.15, 0.2) is 41.3 Å². The SMILES string of the molecule is COc1ccc2nc(C(=O)C3CCC(NCc4ccc5c(c4)NC(=O)CS5)CC3)sc2c1. The number of amides is 1. The minimum atomic E-state index is 0.0477. The molecule has 1 aliphatic carbocycles. The zero-order valence-corrected chi connectivity index (χ0v) is 19.5. The first-order valence-corrected chi connectivity index (χ1v) is 12.7. The molecule has 1 amide bonds. The number of aromatic nitrogens is 1. The summed E-state index contributed by atoms with van der Waals surface area (Å²) >= 11 is 3.04. The van der Waals surface area contributed by atoms with Crippen LogP contribution in [-0.2, 0) is 11.3 Å². The second-order valence-corrected chi connectivity index (χ2v) is 10.4. The number of ether oxygens (including phenoxy) is 1. The van der Waals surface area contributed by atoms with E-state index in [1.165, 1.54) is 11.3 Å². The molecule has 2 N–H and O–H groups in total. The van der Waals surface area contributed by atoms with Crippen molar-refractivity contribution in [3.63, 3.8) is 0 Å². The van der Waals surface area contributed by atoms with Gasteiger partial charge >= 0.3 is 0 Å². The van der Waals surface area contributed by atoms with Crippen LogP contribution < -0.4 is 15.4 Å². The quantitative estimate of drug-likeness (QED) is 0.503. The highest BCUT2D eigenvalue weighted by Crippen LogP contribution is 2.33. The zero-order chi connectivity index (χ0) is 22.1. The fourth-order valence-electron chi connectivity index (χ4n) is 4.37. The first-order valence-electron chi connectivity index (χ1n) is 10.9. The molecule has 1 aromatic heterocycles. The molecule has 32 heavy (non-hydrogen) atoms. The molecule has 1 aliphatic heterocycles. The maximum Gasteiger partial charge on any atom is 0.234 e. The second-order valence-electron chi connectivity index (χ2n) is 8.31. The van der Waals surface area contributed by atoms with E-state index in [0.717, 1.165) is 64.3 Å². The summed E-state index contributed by atoms with van der Waals surface area (Å²) in [6, 6.07) is 12.4. The summed E-state index contributed by atoms with van der Waals surface area (Å²) in [5.41, 5.74) is 2.93. The van der Waals surface area contributed by atoms with Crippen molar-refractivity contribution in [1.82, 2.24) is 10.3 Å². The molecule has 2 aliphatic rings. The number of benzene rings is 2. The number of methoxy groups -OCH3 is 1. The van der Waals surface area contributed by atoms with E-state index in [-0.39, 0.29) is 17.6 Å². The van der Waals surface area contributed by atoms with Gasteiger partial charge in [-0.2, -0.15) is 0 Å². The van der Waals surface area contributed by atoms with Crippen LogP contribution in [0.1, 0.15) is 41.0 Å². The van der Waals surface area contributed by atoms with Crippen LogP contribution >= 0.6 is 23.1 Å². The molecule has 1 saturated carbocycles. The third-order valence-electron chi connectivity index (χ3n) is 6.18. The first-order chi connectivity index (χ1) is 15.6. The van der Waals surface area contributed by atoms with Crippen molar-refractivity contribution in [2.75, 3.05) is 18.2 Å². The molecule has 0 radical (unpaired) electrons. The van der Waals surface area contributed by atoms with Gasteiger partial charge in [0.05, 0.1) is 28.8 Å². The summed E-state index contributed by atoms with van der Waals surface area (Å²) in [6.07, 6.45) is 3.72. The molecule has 5 rings (SSSR count). The Labute approximate surface area is 195 Å². The molecule has 0 bridgehead atoms. The highest BCUT2D eigenvalue weighted by Gasteiger charge is 2.28. The molecule has 0 spiro atoms. The van der Waals surface area contributed by atoms with Crippen molar-refractivity contribution in [1.29, 1.82) is 0 Å². The van der Waals surface area contributed by atoms with Crippen molar-refractivity contribution in [2.24, 2.45) is 5.92 Å². The number of ketones is 1. The van der Waals surface area contributed by atoms with E-state index >= 15 is 0 Å². The molecular formula is C24H25N3O3S2. The fraction of sp³-hybridized carbons (Fsp3) is 0.375. The van der Waals surface area contributed by atoms with Crippen molar-refractivity contribution >= 4 is 50.7 Å². The van der Waals surface area contributed by atoms with Gasteiger partial charge in [0, 0.05) is 23.4 Å². The van der Waals surface area contributed by atoms with E-state index in [9.17, 15) is 9.59 Å². The standard InChI is InChI=1S/C24H25N3O3S2/c1-30-17-7-8-18-21(11-17)32-24(27-18)23(29)15-3-5-16(6-4-15)25-12-14-2-9-20-19(10-14)26-22(28)13-31-20/h2,7-11,15-16,25H,3-6,12-13H2,1H3,(H,26,28). The summed E-state index contributed by atoms with van der Waals surface area (Å²) in [6.45, 7) is 0.761. The van der Waals surface area contributed by atoms with Crippen molar-refractivity contribution in [3.8, 4) is 5.75 Å².